The lowest BCUT2D eigenvalue weighted by Crippen LogP contribution is -2.26. The van der Waals surface area contributed by atoms with Gasteiger partial charge in [0.25, 0.3) is 0 Å². The van der Waals surface area contributed by atoms with Gasteiger partial charge in [-0.2, -0.15) is 15.0 Å². The van der Waals surface area contributed by atoms with E-state index in [0.717, 1.165) is 0 Å². The molecule has 1 heterocycles. The second-order valence-electron chi connectivity index (χ2n) is 2.91. The predicted octanol–water partition coefficient (Wildman–Crippen LogP) is 0.115. The molecule has 0 spiro atoms. The molecule has 88 valence electrons. The maximum absolute atomic E-state index is 10.6. The Bertz CT molecular complexity index is 372. The van der Waals surface area contributed by atoms with Crippen LogP contribution in [0.1, 0.15) is 6.92 Å². The first-order valence-corrected chi connectivity index (χ1v) is 5.07. The standard InChI is InChI=1S/C8H13ClN6O/c1-5(16)11-3-4-12-8-14-6(9)13-7(10-2)15-8/h3-4H2,1-2H3,(H,11,16)(H2,10,12,13,14,15). The lowest BCUT2D eigenvalue weighted by Gasteiger charge is -2.06. The van der Waals surface area contributed by atoms with Gasteiger partial charge in [0.05, 0.1) is 0 Å². The Morgan fingerprint density at radius 2 is 1.94 bits per heavy atom. The first-order valence-electron chi connectivity index (χ1n) is 4.69. The summed E-state index contributed by atoms with van der Waals surface area (Å²) < 4.78 is 0. The number of carbonyl (C=O) groups excluding carboxylic acids is 1. The molecule has 0 aliphatic heterocycles. The highest BCUT2D eigenvalue weighted by Crippen LogP contribution is 2.08. The number of carbonyl (C=O) groups is 1. The molecule has 0 aromatic carbocycles. The molecule has 7 nitrogen and oxygen atoms in total. The average molecular weight is 245 g/mol. The molecular formula is C8H13ClN6O. The first-order chi connectivity index (χ1) is 7.61. The number of halogens is 1. The molecule has 0 unspecified atom stereocenters. The van der Waals surface area contributed by atoms with Crippen LogP contribution in [-0.2, 0) is 4.79 Å². The third-order valence-electron chi connectivity index (χ3n) is 1.61. The lowest BCUT2D eigenvalue weighted by atomic mass is 10.6. The van der Waals surface area contributed by atoms with Gasteiger partial charge in [0, 0.05) is 27.1 Å². The zero-order chi connectivity index (χ0) is 12.0. The topological polar surface area (TPSA) is 91.8 Å². The Labute approximate surface area is 98.0 Å². The van der Waals surface area contributed by atoms with Gasteiger partial charge in [-0.15, -0.1) is 0 Å². The number of anilines is 2. The Balaban J connectivity index is 2.47. The molecule has 0 aliphatic carbocycles. The fourth-order valence-electron chi connectivity index (χ4n) is 0.954. The second kappa shape index (κ2) is 6.06. The van der Waals surface area contributed by atoms with E-state index in [4.69, 9.17) is 11.6 Å². The van der Waals surface area contributed by atoms with Crippen LogP contribution in [0, 0.1) is 0 Å². The Morgan fingerprint density at radius 3 is 2.56 bits per heavy atom. The third kappa shape index (κ3) is 4.26. The van der Waals surface area contributed by atoms with Crippen LogP contribution in [-0.4, -0.2) is 41.0 Å². The Kier molecular flexibility index (Phi) is 4.71. The van der Waals surface area contributed by atoms with E-state index in [1.165, 1.54) is 6.92 Å². The summed E-state index contributed by atoms with van der Waals surface area (Å²) in [4.78, 5) is 22.3. The largest absolute Gasteiger partial charge is 0.357 e. The highest BCUT2D eigenvalue weighted by atomic mass is 35.5. The zero-order valence-corrected chi connectivity index (χ0v) is 9.80. The van der Waals surface area contributed by atoms with Crippen LogP contribution < -0.4 is 16.0 Å². The first kappa shape index (κ1) is 12.4. The Hall–Kier alpha value is -1.63. The molecule has 1 aromatic rings. The van der Waals surface area contributed by atoms with E-state index in [2.05, 4.69) is 30.9 Å². The van der Waals surface area contributed by atoms with Crippen molar-refractivity contribution in [3.05, 3.63) is 5.28 Å². The zero-order valence-electron chi connectivity index (χ0n) is 9.04. The van der Waals surface area contributed by atoms with Crippen molar-refractivity contribution < 1.29 is 4.79 Å². The van der Waals surface area contributed by atoms with E-state index in [-0.39, 0.29) is 11.2 Å². The normalized spacial score (nSPS) is 9.69. The summed E-state index contributed by atoms with van der Waals surface area (Å²) in [5.41, 5.74) is 0. The maximum Gasteiger partial charge on any atom is 0.228 e. The van der Waals surface area contributed by atoms with Crippen molar-refractivity contribution >= 4 is 29.4 Å². The van der Waals surface area contributed by atoms with Gasteiger partial charge in [-0.05, 0) is 11.6 Å². The number of hydrogen-bond donors (Lipinski definition) is 3. The smallest absolute Gasteiger partial charge is 0.228 e. The molecule has 8 heteroatoms. The molecule has 0 saturated heterocycles. The number of aromatic nitrogens is 3. The van der Waals surface area contributed by atoms with Gasteiger partial charge >= 0.3 is 0 Å². The van der Waals surface area contributed by atoms with E-state index in [1.807, 2.05) is 0 Å². The number of rotatable bonds is 5. The molecule has 0 fully saturated rings. The SMILES string of the molecule is CNc1nc(Cl)nc(NCCNC(C)=O)n1. The molecule has 3 N–H and O–H groups in total. The minimum absolute atomic E-state index is 0.0774. The fourth-order valence-corrected chi connectivity index (χ4v) is 1.11. The Morgan fingerprint density at radius 1 is 1.25 bits per heavy atom. The maximum atomic E-state index is 10.6. The van der Waals surface area contributed by atoms with Crippen LogP contribution in [0.5, 0.6) is 0 Å². The van der Waals surface area contributed by atoms with Crippen LogP contribution in [0.25, 0.3) is 0 Å². The third-order valence-corrected chi connectivity index (χ3v) is 1.78. The van der Waals surface area contributed by atoms with Crippen LogP contribution in [0.3, 0.4) is 0 Å². The minimum atomic E-state index is -0.0774. The fraction of sp³-hybridized carbons (Fsp3) is 0.500. The summed E-state index contributed by atoms with van der Waals surface area (Å²) in [6.45, 7) is 2.47. The van der Waals surface area contributed by atoms with Gasteiger partial charge < -0.3 is 16.0 Å². The van der Waals surface area contributed by atoms with Crippen molar-refractivity contribution in [2.45, 2.75) is 6.92 Å². The summed E-state index contributed by atoms with van der Waals surface area (Å²) >= 11 is 5.68. The molecule has 0 bridgehead atoms. The lowest BCUT2D eigenvalue weighted by molar-refractivity contribution is -0.118. The quantitative estimate of drug-likeness (QED) is 0.637. The summed E-state index contributed by atoms with van der Waals surface area (Å²) in [5.74, 6) is 0.683. The molecule has 0 aliphatic rings. The molecule has 1 aromatic heterocycles. The minimum Gasteiger partial charge on any atom is -0.357 e. The highest BCUT2D eigenvalue weighted by Gasteiger charge is 2.02. The van der Waals surface area contributed by atoms with Gasteiger partial charge in [0.1, 0.15) is 0 Å². The predicted molar refractivity (Wildman–Crippen MR) is 61.6 cm³/mol. The van der Waals surface area contributed by atoms with Gasteiger partial charge in [-0.1, -0.05) is 0 Å². The van der Waals surface area contributed by atoms with Gasteiger partial charge in [0.15, 0.2) is 0 Å². The molecule has 1 rings (SSSR count). The van der Waals surface area contributed by atoms with E-state index >= 15 is 0 Å². The second-order valence-corrected chi connectivity index (χ2v) is 3.25. The van der Waals surface area contributed by atoms with Crippen molar-refractivity contribution in [1.29, 1.82) is 0 Å². The average Bonchev–Trinajstić information content (AvgIpc) is 2.23. The summed E-state index contributed by atoms with van der Waals surface area (Å²) in [6, 6.07) is 0. The van der Waals surface area contributed by atoms with Crippen molar-refractivity contribution in [3.8, 4) is 0 Å². The summed E-state index contributed by atoms with van der Waals surface area (Å²) in [5, 5.41) is 8.42. The molecule has 0 saturated carbocycles. The van der Waals surface area contributed by atoms with Crippen LogP contribution in [0.4, 0.5) is 11.9 Å². The molecule has 16 heavy (non-hydrogen) atoms. The van der Waals surface area contributed by atoms with Crippen LogP contribution >= 0.6 is 11.6 Å². The van der Waals surface area contributed by atoms with Gasteiger partial charge in [-0.25, -0.2) is 0 Å². The van der Waals surface area contributed by atoms with Crippen molar-refractivity contribution in [2.75, 3.05) is 30.8 Å². The van der Waals surface area contributed by atoms with Crippen molar-refractivity contribution in [2.24, 2.45) is 0 Å². The van der Waals surface area contributed by atoms with E-state index in [0.29, 0.717) is 25.0 Å². The van der Waals surface area contributed by atoms with Crippen molar-refractivity contribution in [1.82, 2.24) is 20.3 Å². The molecular weight excluding hydrogens is 232 g/mol. The van der Waals surface area contributed by atoms with Crippen molar-refractivity contribution in [3.63, 3.8) is 0 Å². The summed E-state index contributed by atoms with van der Waals surface area (Å²) in [7, 11) is 1.69. The number of hydrogen-bond acceptors (Lipinski definition) is 6. The molecule has 0 atom stereocenters. The van der Waals surface area contributed by atoms with Gasteiger partial charge in [0.2, 0.25) is 23.1 Å². The van der Waals surface area contributed by atoms with E-state index in [1.54, 1.807) is 7.05 Å². The monoisotopic (exact) mass is 244 g/mol. The van der Waals surface area contributed by atoms with Gasteiger partial charge in [-0.3, -0.25) is 4.79 Å². The van der Waals surface area contributed by atoms with E-state index < -0.39 is 0 Å². The highest BCUT2D eigenvalue weighted by molar-refractivity contribution is 6.28. The van der Waals surface area contributed by atoms with E-state index in [9.17, 15) is 4.79 Å². The number of nitrogens with one attached hydrogen (secondary N) is 3. The molecule has 0 radical (unpaired) electrons. The summed E-state index contributed by atoms with van der Waals surface area (Å²) in [6.07, 6.45) is 0. The molecule has 1 amide bonds. The number of nitrogens with zero attached hydrogens (tertiary/aromatic N) is 3. The van der Waals surface area contributed by atoms with Crippen LogP contribution in [0.2, 0.25) is 5.28 Å². The number of amides is 1. The van der Waals surface area contributed by atoms with Crippen LogP contribution in [0.15, 0.2) is 0 Å².